The zero-order valence-electron chi connectivity index (χ0n) is 10.2. The van der Waals surface area contributed by atoms with E-state index < -0.39 is 5.82 Å². The molecule has 1 atom stereocenters. The van der Waals surface area contributed by atoms with E-state index in [9.17, 15) is 4.39 Å². The summed E-state index contributed by atoms with van der Waals surface area (Å²) < 4.78 is 13.4. The molecule has 0 aliphatic heterocycles. The molecule has 0 saturated heterocycles. The number of rotatable bonds is 2. The van der Waals surface area contributed by atoms with Gasteiger partial charge in [-0.1, -0.05) is 41.4 Å². The lowest BCUT2D eigenvalue weighted by atomic mass is 9.98. The number of hydrogen-bond donors (Lipinski definition) is 0. The summed E-state index contributed by atoms with van der Waals surface area (Å²) in [6.07, 6.45) is 0. The Morgan fingerprint density at radius 1 is 1.06 bits per heavy atom. The van der Waals surface area contributed by atoms with Crippen molar-refractivity contribution in [3.63, 3.8) is 0 Å². The van der Waals surface area contributed by atoms with E-state index >= 15 is 0 Å². The van der Waals surface area contributed by atoms with Crippen molar-refractivity contribution in [1.29, 1.82) is 0 Å². The van der Waals surface area contributed by atoms with Crippen LogP contribution >= 0.6 is 23.2 Å². The van der Waals surface area contributed by atoms with Crippen molar-refractivity contribution >= 4 is 23.2 Å². The standard InChI is InChI=1S/C15H13Cl2F/c1-9-3-5-12(10(2)7-9)15(17)11-4-6-13(16)14(18)8-11/h3-8,15H,1-2H3. The number of hydrogen-bond acceptors (Lipinski definition) is 0. The first kappa shape index (κ1) is 13.4. The van der Waals surface area contributed by atoms with Gasteiger partial charge in [-0.05, 0) is 42.7 Å². The summed E-state index contributed by atoms with van der Waals surface area (Å²) >= 11 is 12.1. The van der Waals surface area contributed by atoms with Crippen molar-refractivity contribution in [2.45, 2.75) is 19.2 Å². The molecular formula is C15H13Cl2F. The summed E-state index contributed by atoms with van der Waals surface area (Å²) in [4.78, 5) is 0. The molecule has 0 N–H and O–H groups in total. The SMILES string of the molecule is Cc1ccc(C(Cl)c2ccc(Cl)c(F)c2)c(C)c1. The Balaban J connectivity index is 2.41. The molecule has 94 valence electrons. The molecule has 3 heteroatoms. The summed E-state index contributed by atoms with van der Waals surface area (Å²) in [6, 6.07) is 10.7. The molecule has 0 aromatic heterocycles. The molecule has 0 aliphatic carbocycles. The summed E-state index contributed by atoms with van der Waals surface area (Å²) in [5.74, 6) is -0.440. The second kappa shape index (κ2) is 5.29. The second-order valence-electron chi connectivity index (χ2n) is 4.40. The van der Waals surface area contributed by atoms with Crippen LogP contribution in [0.2, 0.25) is 5.02 Å². The first-order valence-electron chi connectivity index (χ1n) is 5.65. The van der Waals surface area contributed by atoms with E-state index in [1.807, 2.05) is 26.0 Å². The van der Waals surface area contributed by atoms with Gasteiger partial charge in [-0.15, -0.1) is 11.6 Å². The number of halogens is 3. The van der Waals surface area contributed by atoms with Gasteiger partial charge in [0.1, 0.15) is 5.82 Å². The van der Waals surface area contributed by atoms with E-state index in [1.54, 1.807) is 6.07 Å². The zero-order valence-corrected chi connectivity index (χ0v) is 11.7. The van der Waals surface area contributed by atoms with Crippen LogP contribution < -0.4 is 0 Å². The minimum absolute atomic E-state index is 0.114. The van der Waals surface area contributed by atoms with Gasteiger partial charge in [-0.3, -0.25) is 0 Å². The summed E-state index contributed by atoms with van der Waals surface area (Å²) in [6.45, 7) is 4.03. The van der Waals surface area contributed by atoms with Crippen LogP contribution in [-0.2, 0) is 0 Å². The molecule has 0 nitrogen and oxygen atoms in total. The number of alkyl halides is 1. The number of aryl methyl sites for hydroxylation is 2. The van der Waals surface area contributed by atoms with E-state index in [0.717, 1.165) is 11.1 Å². The Hall–Kier alpha value is -1.05. The van der Waals surface area contributed by atoms with Crippen LogP contribution in [0.1, 0.15) is 27.6 Å². The second-order valence-corrected chi connectivity index (χ2v) is 5.24. The first-order chi connectivity index (χ1) is 8.49. The lowest BCUT2D eigenvalue weighted by molar-refractivity contribution is 0.626. The molecule has 0 fully saturated rings. The molecule has 0 saturated carbocycles. The predicted octanol–water partition coefficient (Wildman–Crippen LogP) is 5.42. The Labute approximate surface area is 116 Å². The quantitative estimate of drug-likeness (QED) is 0.645. The molecule has 0 spiro atoms. The lowest BCUT2D eigenvalue weighted by Gasteiger charge is -2.14. The van der Waals surface area contributed by atoms with E-state index in [-0.39, 0.29) is 10.4 Å². The molecule has 0 bridgehead atoms. The summed E-state index contributed by atoms with van der Waals surface area (Å²) in [5, 5.41) is -0.249. The van der Waals surface area contributed by atoms with Crippen molar-refractivity contribution < 1.29 is 4.39 Å². The van der Waals surface area contributed by atoms with Gasteiger partial charge in [0.2, 0.25) is 0 Å². The molecular weight excluding hydrogens is 270 g/mol. The highest BCUT2D eigenvalue weighted by molar-refractivity contribution is 6.30. The van der Waals surface area contributed by atoms with Gasteiger partial charge in [0.05, 0.1) is 10.4 Å². The van der Waals surface area contributed by atoms with Gasteiger partial charge in [0.25, 0.3) is 0 Å². The van der Waals surface area contributed by atoms with Gasteiger partial charge in [-0.2, -0.15) is 0 Å². The van der Waals surface area contributed by atoms with Crippen LogP contribution in [0.5, 0.6) is 0 Å². The molecule has 0 amide bonds. The maximum atomic E-state index is 13.4. The third kappa shape index (κ3) is 2.68. The van der Waals surface area contributed by atoms with Gasteiger partial charge >= 0.3 is 0 Å². The minimum Gasteiger partial charge on any atom is -0.205 e. The van der Waals surface area contributed by atoms with Crippen LogP contribution in [0.3, 0.4) is 0 Å². The third-order valence-electron chi connectivity index (χ3n) is 2.93. The highest BCUT2D eigenvalue weighted by Gasteiger charge is 2.14. The predicted molar refractivity (Wildman–Crippen MR) is 75.0 cm³/mol. The largest absolute Gasteiger partial charge is 0.205 e. The molecule has 2 aromatic rings. The average Bonchev–Trinajstić information content (AvgIpc) is 2.32. The third-order valence-corrected chi connectivity index (χ3v) is 3.73. The smallest absolute Gasteiger partial charge is 0.142 e. The molecule has 0 heterocycles. The highest BCUT2D eigenvalue weighted by atomic mass is 35.5. The average molecular weight is 283 g/mol. The summed E-state index contributed by atoms with van der Waals surface area (Å²) in [5.41, 5.74) is 3.99. The fraction of sp³-hybridized carbons (Fsp3) is 0.200. The normalized spacial score (nSPS) is 12.5. The van der Waals surface area contributed by atoms with Crippen LogP contribution in [0.4, 0.5) is 4.39 Å². The Morgan fingerprint density at radius 3 is 2.39 bits per heavy atom. The monoisotopic (exact) mass is 282 g/mol. The fourth-order valence-electron chi connectivity index (χ4n) is 1.96. The Morgan fingerprint density at radius 2 is 1.78 bits per heavy atom. The van der Waals surface area contributed by atoms with Crippen molar-refractivity contribution in [3.8, 4) is 0 Å². The van der Waals surface area contributed by atoms with E-state index in [1.165, 1.54) is 17.7 Å². The summed E-state index contributed by atoms with van der Waals surface area (Å²) in [7, 11) is 0. The van der Waals surface area contributed by atoms with Crippen molar-refractivity contribution in [2.75, 3.05) is 0 Å². The van der Waals surface area contributed by atoms with Crippen molar-refractivity contribution in [3.05, 3.63) is 69.5 Å². The van der Waals surface area contributed by atoms with E-state index in [4.69, 9.17) is 23.2 Å². The molecule has 1 unspecified atom stereocenters. The van der Waals surface area contributed by atoms with Crippen LogP contribution in [0, 0.1) is 19.7 Å². The fourth-order valence-corrected chi connectivity index (χ4v) is 2.46. The van der Waals surface area contributed by atoms with Crippen LogP contribution in [0.25, 0.3) is 0 Å². The molecule has 2 rings (SSSR count). The van der Waals surface area contributed by atoms with Crippen molar-refractivity contribution in [2.24, 2.45) is 0 Å². The highest BCUT2D eigenvalue weighted by Crippen LogP contribution is 2.32. The number of benzene rings is 2. The first-order valence-corrected chi connectivity index (χ1v) is 6.46. The maximum absolute atomic E-state index is 13.4. The molecule has 0 aliphatic rings. The van der Waals surface area contributed by atoms with E-state index in [2.05, 4.69) is 6.07 Å². The van der Waals surface area contributed by atoms with Gasteiger partial charge in [0.15, 0.2) is 0 Å². The maximum Gasteiger partial charge on any atom is 0.142 e. The van der Waals surface area contributed by atoms with Gasteiger partial charge < -0.3 is 0 Å². The molecule has 18 heavy (non-hydrogen) atoms. The minimum atomic E-state index is -0.440. The topological polar surface area (TPSA) is 0 Å². The molecule has 0 radical (unpaired) electrons. The Kier molecular flexibility index (Phi) is 3.94. The lowest BCUT2D eigenvalue weighted by Crippen LogP contribution is -1.97. The Bertz CT molecular complexity index is 579. The van der Waals surface area contributed by atoms with Crippen LogP contribution in [0.15, 0.2) is 36.4 Å². The van der Waals surface area contributed by atoms with Gasteiger partial charge in [0, 0.05) is 0 Å². The van der Waals surface area contributed by atoms with Crippen molar-refractivity contribution in [1.82, 2.24) is 0 Å². The van der Waals surface area contributed by atoms with Gasteiger partial charge in [-0.25, -0.2) is 4.39 Å². The molecule has 2 aromatic carbocycles. The van der Waals surface area contributed by atoms with Crippen LogP contribution in [-0.4, -0.2) is 0 Å². The van der Waals surface area contributed by atoms with E-state index in [0.29, 0.717) is 5.56 Å². The zero-order chi connectivity index (χ0) is 13.3.